The predicted molar refractivity (Wildman–Crippen MR) is 87.0 cm³/mol. The normalized spacial score (nSPS) is 10.1. The van der Waals surface area contributed by atoms with Crippen molar-refractivity contribution in [2.24, 2.45) is 0 Å². The Morgan fingerprint density at radius 3 is 2.00 bits per heavy atom. The molecule has 0 heterocycles. The molecule has 0 saturated carbocycles. The lowest BCUT2D eigenvalue weighted by atomic mass is 9.92. The highest BCUT2D eigenvalue weighted by atomic mass is 35.5. The number of halogens is 1. The van der Waals surface area contributed by atoms with Gasteiger partial charge in [0.25, 0.3) is 0 Å². The van der Waals surface area contributed by atoms with Crippen LogP contribution in [0.15, 0.2) is 72.8 Å². The second-order valence-electron chi connectivity index (χ2n) is 4.69. The minimum atomic E-state index is 0.484. The second kappa shape index (κ2) is 5.83. The van der Waals surface area contributed by atoms with Crippen molar-refractivity contribution in [2.45, 2.75) is 0 Å². The summed E-state index contributed by atoms with van der Waals surface area (Å²) in [5.74, 6) is 0. The third-order valence-electron chi connectivity index (χ3n) is 3.43. The molecule has 0 radical (unpaired) electrons. The molecule has 3 rings (SSSR count). The van der Waals surface area contributed by atoms with Crippen molar-refractivity contribution in [1.82, 2.24) is 0 Å². The molecule has 0 aliphatic rings. The van der Waals surface area contributed by atoms with Crippen molar-refractivity contribution >= 4 is 11.6 Å². The monoisotopic (exact) mass is 289 g/mol. The van der Waals surface area contributed by atoms with Crippen molar-refractivity contribution in [3.8, 4) is 28.3 Å². The number of rotatable bonds is 2. The van der Waals surface area contributed by atoms with Crippen LogP contribution in [0, 0.1) is 11.3 Å². The van der Waals surface area contributed by atoms with E-state index in [1.807, 2.05) is 48.5 Å². The smallest absolute Gasteiger partial charge is 0.101 e. The van der Waals surface area contributed by atoms with E-state index in [2.05, 4.69) is 24.3 Å². The Kier molecular flexibility index (Phi) is 3.73. The van der Waals surface area contributed by atoms with E-state index in [-0.39, 0.29) is 0 Å². The van der Waals surface area contributed by atoms with Gasteiger partial charge in [-0.3, -0.25) is 0 Å². The van der Waals surface area contributed by atoms with E-state index in [4.69, 9.17) is 11.6 Å². The minimum absolute atomic E-state index is 0.484. The van der Waals surface area contributed by atoms with Crippen LogP contribution in [-0.4, -0.2) is 0 Å². The van der Waals surface area contributed by atoms with Gasteiger partial charge in [-0.1, -0.05) is 78.3 Å². The molecule has 2 heteroatoms. The standard InChI is InChI=1S/C19H12ClN/c20-19-12-6-11-17(18(19)13-21)16-10-5-4-9-15(16)14-7-2-1-3-8-14/h1-12H. The number of hydrogen-bond acceptors (Lipinski definition) is 1. The van der Waals surface area contributed by atoms with Gasteiger partial charge in [0, 0.05) is 5.56 Å². The fourth-order valence-corrected chi connectivity index (χ4v) is 2.67. The maximum Gasteiger partial charge on any atom is 0.101 e. The predicted octanol–water partition coefficient (Wildman–Crippen LogP) is 5.55. The molecular formula is C19H12ClN. The molecular weight excluding hydrogens is 278 g/mol. The molecule has 0 aliphatic carbocycles. The molecule has 0 saturated heterocycles. The highest BCUT2D eigenvalue weighted by Crippen LogP contribution is 2.35. The maximum atomic E-state index is 9.39. The summed E-state index contributed by atoms with van der Waals surface area (Å²) in [5.41, 5.74) is 4.61. The topological polar surface area (TPSA) is 23.8 Å². The first-order valence-electron chi connectivity index (χ1n) is 6.64. The summed E-state index contributed by atoms with van der Waals surface area (Å²) in [7, 11) is 0. The number of nitrogens with zero attached hydrogens (tertiary/aromatic N) is 1. The fourth-order valence-electron chi connectivity index (χ4n) is 2.45. The molecule has 1 nitrogen and oxygen atoms in total. The van der Waals surface area contributed by atoms with Crippen LogP contribution in [0.1, 0.15) is 5.56 Å². The SMILES string of the molecule is N#Cc1c(Cl)cccc1-c1ccccc1-c1ccccc1. The number of nitriles is 1. The van der Waals surface area contributed by atoms with Gasteiger partial charge >= 0.3 is 0 Å². The Balaban J connectivity index is 2.27. The Bertz CT molecular complexity index is 816. The summed E-state index contributed by atoms with van der Waals surface area (Å²) < 4.78 is 0. The zero-order valence-electron chi connectivity index (χ0n) is 11.3. The van der Waals surface area contributed by atoms with Gasteiger partial charge in [0.05, 0.1) is 10.6 Å². The average molecular weight is 290 g/mol. The Morgan fingerprint density at radius 1 is 0.667 bits per heavy atom. The van der Waals surface area contributed by atoms with Crippen LogP contribution >= 0.6 is 11.6 Å². The summed E-state index contributed by atoms with van der Waals surface area (Å²) >= 11 is 6.16. The van der Waals surface area contributed by atoms with E-state index in [0.717, 1.165) is 22.3 Å². The van der Waals surface area contributed by atoms with Crippen LogP contribution in [0.25, 0.3) is 22.3 Å². The quantitative estimate of drug-likeness (QED) is 0.607. The van der Waals surface area contributed by atoms with Crippen LogP contribution < -0.4 is 0 Å². The van der Waals surface area contributed by atoms with Crippen LogP contribution in [0.4, 0.5) is 0 Å². The third kappa shape index (κ3) is 2.54. The Hall–Kier alpha value is -2.56. The molecule has 3 aromatic carbocycles. The molecule has 0 spiro atoms. The van der Waals surface area contributed by atoms with Crippen LogP contribution in [0.5, 0.6) is 0 Å². The lowest BCUT2D eigenvalue weighted by molar-refractivity contribution is 1.47. The first kappa shape index (κ1) is 13.4. The molecule has 3 aromatic rings. The van der Waals surface area contributed by atoms with Gasteiger partial charge in [0.15, 0.2) is 0 Å². The highest BCUT2D eigenvalue weighted by Gasteiger charge is 2.12. The van der Waals surface area contributed by atoms with Gasteiger partial charge in [0.2, 0.25) is 0 Å². The van der Waals surface area contributed by atoms with Gasteiger partial charge in [0.1, 0.15) is 6.07 Å². The number of hydrogen-bond donors (Lipinski definition) is 0. The molecule has 100 valence electrons. The molecule has 0 N–H and O–H groups in total. The molecule has 0 aliphatic heterocycles. The zero-order chi connectivity index (χ0) is 14.7. The van der Waals surface area contributed by atoms with E-state index >= 15 is 0 Å². The van der Waals surface area contributed by atoms with Gasteiger partial charge in [-0.25, -0.2) is 0 Å². The van der Waals surface area contributed by atoms with E-state index in [1.165, 1.54) is 0 Å². The van der Waals surface area contributed by atoms with Crippen LogP contribution in [0.3, 0.4) is 0 Å². The van der Waals surface area contributed by atoms with Gasteiger partial charge < -0.3 is 0 Å². The van der Waals surface area contributed by atoms with E-state index in [9.17, 15) is 5.26 Å². The summed E-state index contributed by atoms with van der Waals surface area (Å²) in [4.78, 5) is 0. The maximum absolute atomic E-state index is 9.39. The molecule has 0 atom stereocenters. The number of benzene rings is 3. The van der Waals surface area contributed by atoms with Crippen molar-refractivity contribution in [3.63, 3.8) is 0 Å². The van der Waals surface area contributed by atoms with Crippen molar-refractivity contribution in [2.75, 3.05) is 0 Å². The second-order valence-corrected chi connectivity index (χ2v) is 5.09. The molecule has 0 unspecified atom stereocenters. The van der Waals surface area contributed by atoms with E-state index in [1.54, 1.807) is 6.07 Å². The molecule has 0 amide bonds. The van der Waals surface area contributed by atoms with Crippen molar-refractivity contribution in [3.05, 3.63) is 83.4 Å². The Labute approximate surface area is 129 Å². The lowest BCUT2D eigenvalue weighted by Crippen LogP contribution is -1.89. The molecule has 21 heavy (non-hydrogen) atoms. The van der Waals surface area contributed by atoms with Gasteiger partial charge in [-0.05, 0) is 22.8 Å². The Morgan fingerprint density at radius 2 is 1.29 bits per heavy atom. The largest absolute Gasteiger partial charge is 0.192 e. The first-order chi connectivity index (χ1) is 10.3. The van der Waals surface area contributed by atoms with Crippen molar-refractivity contribution in [1.29, 1.82) is 5.26 Å². The molecule has 0 aromatic heterocycles. The summed E-state index contributed by atoms with van der Waals surface area (Å²) in [6.07, 6.45) is 0. The minimum Gasteiger partial charge on any atom is -0.192 e. The summed E-state index contributed by atoms with van der Waals surface area (Å²) in [5, 5.41) is 9.87. The van der Waals surface area contributed by atoms with Gasteiger partial charge in [-0.2, -0.15) is 5.26 Å². The fraction of sp³-hybridized carbons (Fsp3) is 0. The highest BCUT2D eigenvalue weighted by molar-refractivity contribution is 6.32. The van der Waals surface area contributed by atoms with E-state index in [0.29, 0.717) is 10.6 Å². The van der Waals surface area contributed by atoms with Crippen molar-refractivity contribution < 1.29 is 0 Å². The average Bonchev–Trinajstić information content (AvgIpc) is 2.55. The lowest BCUT2D eigenvalue weighted by Gasteiger charge is -2.12. The zero-order valence-corrected chi connectivity index (χ0v) is 12.0. The summed E-state index contributed by atoms with van der Waals surface area (Å²) in [6, 6.07) is 26.0. The molecule has 0 bridgehead atoms. The van der Waals surface area contributed by atoms with Gasteiger partial charge in [-0.15, -0.1) is 0 Å². The molecule has 0 fully saturated rings. The van der Waals surface area contributed by atoms with Crippen LogP contribution in [0.2, 0.25) is 5.02 Å². The summed E-state index contributed by atoms with van der Waals surface area (Å²) in [6.45, 7) is 0. The van der Waals surface area contributed by atoms with E-state index < -0.39 is 0 Å². The third-order valence-corrected chi connectivity index (χ3v) is 3.74. The first-order valence-corrected chi connectivity index (χ1v) is 7.02. The van der Waals surface area contributed by atoms with Crippen LogP contribution in [-0.2, 0) is 0 Å².